The zero-order chi connectivity index (χ0) is 11.5. The summed E-state index contributed by atoms with van der Waals surface area (Å²) in [5, 5.41) is 9.64. The van der Waals surface area contributed by atoms with Crippen LogP contribution in [0, 0.1) is 0 Å². The number of pyridine rings is 1. The maximum Gasteiger partial charge on any atom is 0.129 e. The average molecular weight is 239 g/mol. The van der Waals surface area contributed by atoms with Gasteiger partial charge in [-0.15, -0.1) is 6.58 Å². The molecule has 1 aliphatic rings. The summed E-state index contributed by atoms with van der Waals surface area (Å²) >= 11 is 5.91. The monoisotopic (exact) mass is 238 g/mol. The van der Waals surface area contributed by atoms with E-state index in [4.69, 9.17) is 16.7 Å². The van der Waals surface area contributed by atoms with Crippen molar-refractivity contribution in [1.82, 2.24) is 4.98 Å². The number of aliphatic hydroxyl groups excluding tert-OH is 1. The lowest BCUT2D eigenvalue weighted by atomic mass is 10.3. The Morgan fingerprint density at radius 1 is 1.56 bits per heavy atom. The molecule has 0 aromatic carbocycles. The molecule has 1 fully saturated rings. The summed E-state index contributed by atoms with van der Waals surface area (Å²) < 4.78 is 0. The first-order valence-corrected chi connectivity index (χ1v) is 5.78. The van der Waals surface area contributed by atoms with Gasteiger partial charge in [0.2, 0.25) is 0 Å². The molecule has 0 amide bonds. The number of nitrogens with zero attached hydrogens (tertiary/aromatic N) is 2. The molecule has 1 aliphatic carbocycles. The molecule has 1 heterocycles. The highest BCUT2D eigenvalue weighted by molar-refractivity contribution is 6.31. The van der Waals surface area contributed by atoms with Crippen molar-refractivity contribution < 1.29 is 5.11 Å². The molecule has 1 N–H and O–H groups in total. The van der Waals surface area contributed by atoms with Crippen LogP contribution in [0.25, 0.3) is 0 Å². The van der Waals surface area contributed by atoms with Crippen LogP contribution in [0.2, 0.25) is 5.02 Å². The topological polar surface area (TPSA) is 36.4 Å². The third-order valence-corrected chi connectivity index (χ3v) is 3.01. The number of anilines is 1. The second-order valence-electron chi connectivity index (χ2n) is 3.93. The highest BCUT2D eigenvalue weighted by Crippen LogP contribution is 2.31. The first-order valence-electron chi connectivity index (χ1n) is 5.40. The van der Waals surface area contributed by atoms with Gasteiger partial charge in [-0.05, 0) is 25.0 Å². The summed E-state index contributed by atoms with van der Waals surface area (Å²) in [6.45, 7) is 4.41. The molecule has 0 spiro atoms. The summed E-state index contributed by atoms with van der Waals surface area (Å²) in [5.41, 5.74) is 0.536. The minimum Gasteiger partial charge on any atom is -0.390 e. The molecular weight excluding hydrogens is 224 g/mol. The van der Waals surface area contributed by atoms with E-state index in [-0.39, 0.29) is 6.61 Å². The van der Waals surface area contributed by atoms with Crippen molar-refractivity contribution in [3.63, 3.8) is 0 Å². The van der Waals surface area contributed by atoms with E-state index < -0.39 is 0 Å². The Morgan fingerprint density at radius 2 is 2.31 bits per heavy atom. The largest absolute Gasteiger partial charge is 0.390 e. The summed E-state index contributed by atoms with van der Waals surface area (Å²) in [6, 6.07) is 4.25. The Bertz CT molecular complexity index is 391. The summed E-state index contributed by atoms with van der Waals surface area (Å²) in [4.78, 5) is 6.56. The van der Waals surface area contributed by atoms with Gasteiger partial charge in [0.1, 0.15) is 5.82 Å². The van der Waals surface area contributed by atoms with Gasteiger partial charge < -0.3 is 10.0 Å². The molecule has 0 saturated heterocycles. The molecule has 4 heteroatoms. The van der Waals surface area contributed by atoms with Gasteiger partial charge in [0.05, 0.1) is 17.3 Å². The van der Waals surface area contributed by atoms with Crippen LogP contribution in [0.4, 0.5) is 5.82 Å². The predicted octanol–water partition coefficient (Wildman–Crippen LogP) is 2.38. The molecule has 0 bridgehead atoms. The second-order valence-corrected chi connectivity index (χ2v) is 4.34. The standard InChI is InChI=1S/C12H15ClN2O/c1-2-7-15(9-3-4-9)12-6-5-10(13)11(8-16)14-12/h2,5-6,9,16H,1,3-4,7-8H2. The lowest BCUT2D eigenvalue weighted by Gasteiger charge is -2.22. The molecule has 0 unspecified atom stereocenters. The van der Waals surface area contributed by atoms with E-state index in [1.165, 1.54) is 12.8 Å². The molecule has 0 aliphatic heterocycles. The van der Waals surface area contributed by atoms with Gasteiger partial charge >= 0.3 is 0 Å². The Hall–Kier alpha value is -1.06. The number of aromatic nitrogens is 1. The highest BCUT2D eigenvalue weighted by Gasteiger charge is 2.29. The molecule has 86 valence electrons. The van der Waals surface area contributed by atoms with Crippen molar-refractivity contribution in [2.75, 3.05) is 11.4 Å². The normalized spacial score (nSPS) is 14.9. The minimum atomic E-state index is -0.126. The van der Waals surface area contributed by atoms with E-state index in [2.05, 4.69) is 16.5 Å². The zero-order valence-corrected chi connectivity index (χ0v) is 9.82. The van der Waals surface area contributed by atoms with Gasteiger partial charge in [0.25, 0.3) is 0 Å². The Kier molecular flexibility index (Phi) is 3.46. The van der Waals surface area contributed by atoms with Crippen LogP contribution in [0.5, 0.6) is 0 Å². The van der Waals surface area contributed by atoms with E-state index >= 15 is 0 Å². The molecule has 16 heavy (non-hydrogen) atoms. The first-order chi connectivity index (χ1) is 7.76. The quantitative estimate of drug-likeness (QED) is 0.801. The van der Waals surface area contributed by atoms with Crippen molar-refractivity contribution in [2.45, 2.75) is 25.5 Å². The van der Waals surface area contributed by atoms with Gasteiger partial charge in [0, 0.05) is 12.6 Å². The predicted molar refractivity (Wildman–Crippen MR) is 65.7 cm³/mol. The molecular formula is C12H15ClN2O. The van der Waals surface area contributed by atoms with Crippen LogP contribution in [0.15, 0.2) is 24.8 Å². The van der Waals surface area contributed by atoms with Gasteiger partial charge in [-0.3, -0.25) is 0 Å². The molecule has 0 atom stereocenters. The molecule has 3 nitrogen and oxygen atoms in total. The van der Waals surface area contributed by atoms with Crippen molar-refractivity contribution >= 4 is 17.4 Å². The van der Waals surface area contributed by atoms with E-state index in [9.17, 15) is 0 Å². The van der Waals surface area contributed by atoms with Crippen LogP contribution in [0.1, 0.15) is 18.5 Å². The first kappa shape index (κ1) is 11.4. The van der Waals surface area contributed by atoms with Crippen LogP contribution < -0.4 is 4.90 Å². The summed E-state index contributed by atoms with van der Waals surface area (Å²) in [6.07, 6.45) is 4.27. The van der Waals surface area contributed by atoms with Crippen molar-refractivity contribution in [1.29, 1.82) is 0 Å². The number of aliphatic hydroxyl groups is 1. The molecule has 0 radical (unpaired) electrons. The minimum absolute atomic E-state index is 0.126. The van der Waals surface area contributed by atoms with Gasteiger partial charge in [-0.1, -0.05) is 17.7 Å². The van der Waals surface area contributed by atoms with E-state index in [1.807, 2.05) is 12.1 Å². The average Bonchev–Trinajstić information content (AvgIpc) is 3.11. The number of hydrogen-bond acceptors (Lipinski definition) is 3. The van der Waals surface area contributed by atoms with Crippen molar-refractivity contribution in [3.05, 3.63) is 35.5 Å². The lowest BCUT2D eigenvalue weighted by molar-refractivity contribution is 0.277. The lowest BCUT2D eigenvalue weighted by Crippen LogP contribution is -2.26. The number of rotatable bonds is 5. The molecule has 1 aromatic rings. The van der Waals surface area contributed by atoms with Crippen molar-refractivity contribution in [3.8, 4) is 0 Å². The Labute approximate surface area is 100 Å². The Morgan fingerprint density at radius 3 is 2.88 bits per heavy atom. The van der Waals surface area contributed by atoms with Crippen LogP contribution in [-0.4, -0.2) is 22.7 Å². The molecule has 2 rings (SSSR count). The maximum absolute atomic E-state index is 9.12. The SMILES string of the molecule is C=CCN(c1ccc(Cl)c(CO)n1)C1CC1. The zero-order valence-electron chi connectivity index (χ0n) is 9.06. The highest BCUT2D eigenvalue weighted by atomic mass is 35.5. The van der Waals surface area contributed by atoms with Gasteiger partial charge in [-0.2, -0.15) is 0 Å². The van der Waals surface area contributed by atoms with E-state index in [0.717, 1.165) is 12.4 Å². The number of halogens is 1. The third-order valence-electron chi connectivity index (χ3n) is 2.66. The van der Waals surface area contributed by atoms with E-state index in [1.54, 1.807) is 6.07 Å². The Balaban J connectivity index is 2.26. The van der Waals surface area contributed by atoms with Crippen molar-refractivity contribution in [2.24, 2.45) is 0 Å². The fraction of sp³-hybridized carbons (Fsp3) is 0.417. The molecule has 1 aromatic heterocycles. The fourth-order valence-electron chi connectivity index (χ4n) is 1.70. The van der Waals surface area contributed by atoms with Gasteiger partial charge in [-0.25, -0.2) is 4.98 Å². The molecule has 1 saturated carbocycles. The van der Waals surface area contributed by atoms with Crippen LogP contribution in [-0.2, 0) is 6.61 Å². The fourth-order valence-corrected chi connectivity index (χ4v) is 1.86. The second kappa shape index (κ2) is 4.85. The third kappa shape index (κ3) is 2.36. The summed E-state index contributed by atoms with van der Waals surface area (Å²) in [7, 11) is 0. The maximum atomic E-state index is 9.12. The van der Waals surface area contributed by atoms with E-state index in [0.29, 0.717) is 16.8 Å². The summed E-state index contributed by atoms with van der Waals surface area (Å²) in [5.74, 6) is 0.871. The van der Waals surface area contributed by atoms with Gasteiger partial charge in [0.15, 0.2) is 0 Å². The van der Waals surface area contributed by atoms with Crippen LogP contribution in [0.3, 0.4) is 0 Å². The smallest absolute Gasteiger partial charge is 0.129 e. The van der Waals surface area contributed by atoms with Crippen LogP contribution >= 0.6 is 11.6 Å². The number of hydrogen-bond donors (Lipinski definition) is 1.